The summed E-state index contributed by atoms with van der Waals surface area (Å²) >= 11 is 3.33. The molecule has 0 aliphatic carbocycles. The normalized spacial score (nSPS) is 11.2. The van der Waals surface area contributed by atoms with Crippen LogP contribution in [-0.4, -0.2) is 93.5 Å². The Bertz CT molecular complexity index is 899. The molecule has 0 atom stereocenters. The Morgan fingerprint density at radius 3 is 1.21 bits per heavy atom. The van der Waals surface area contributed by atoms with Crippen LogP contribution in [0.15, 0.2) is 47.2 Å². The molecule has 0 fully saturated rings. The first-order chi connectivity index (χ1) is 18.8. The molecule has 0 aliphatic rings. The van der Waals surface area contributed by atoms with E-state index in [0.717, 1.165) is 32.4 Å². The highest BCUT2D eigenvalue weighted by Gasteiger charge is 2.17. The Morgan fingerprint density at radius 2 is 0.868 bits per heavy atom. The molecular weight excluding hydrogens is 528 g/mol. The molecule has 10 heteroatoms. The summed E-state index contributed by atoms with van der Waals surface area (Å²) in [6.07, 6.45) is 0. The zero-order chi connectivity index (χ0) is 26.7. The van der Waals surface area contributed by atoms with Crippen molar-refractivity contribution in [1.29, 1.82) is 0 Å². The van der Waals surface area contributed by atoms with Crippen LogP contribution in [0.2, 0.25) is 0 Å². The summed E-state index contributed by atoms with van der Waals surface area (Å²) in [7, 11) is 3.31. The van der Waals surface area contributed by atoms with Gasteiger partial charge in [0.25, 0.3) is 0 Å². The molecule has 0 radical (unpaired) electrons. The van der Waals surface area contributed by atoms with Crippen molar-refractivity contribution in [2.24, 2.45) is 0 Å². The van der Waals surface area contributed by atoms with Crippen LogP contribution in [-0.2, 0) is 28.4 Å². The number of rotatable bonds is 22. The molecule has 0 saturated heterocycles. The Kier molecular flexibility index (Phi) is 15.3. The van der Waals surface area contributed by atoms with Crippen LogP contribution in [0.3, 0.4) is 0 Å². The van der Waals surface area contributed by atoms with E-state index < -0.39 is 0 Å². The summed E-state index contributed by atoms with van der Waals surface area (Å²) in [4.78, 5) is 2.22. The van der Waals surface area contributed by atoms with Crippen molar-refractivity contribution in [1.82, 2.24) is 0 Å². The third kappa shape index (κ3) is 11.0. The van der Waals surface area contributed by atoms with E-state index in [0.29, 0.717) is 79.3 Å². The summed E-state index contributed by atoms with van der Waals surface area (Å²) in [6, 6.07) is 12.4. The number of thiophene rings is 2. The van der Waals surface area contributed by atoms with E-state index in [-0.39, 0.29) is 0 Å². The SMILES string of the molecule is COCCOCCOCCOc1cc(-c2cccs2)c(OCCOCCOCCOC)cc1-c1cccs1. The van der Waals surface area contributed by atoms with Crippen LogP contribution in [0, 0.1) is 0 Å². The predicted octanol–water partition coefficient (Wildman–Crippen LogP) is 5.26. The summed E-state index contributed by atoms with van der Waals surface area (Å²) in [5, 5.41) is 4.12. The highest BCUT2D eigenvalue weighted by molar-refractivity contribution is 7.14. The Hall–Kier alpha value is -2.02. The summed E-state index contributed by atoms with van der Waals surface area (Å²) < 4.78 is 44.6. The monoisotopic (exact) mass is 566 g/mol. The van der Waals surface area contributed by atoms with E-state index in [1.165, 1.54) is 0 Å². The fourth-order valence-corrected chi connectivity index (χ4v) is 4.89. The minimum Gasteiger partial charge on any atom is -0.490 e. The summed E-state index contributed by atoms with van der Waals surface area (Å²) in [5.74, 6) is 1.60. The molecule has 0 aliphatic heterocycles. The average molecular weight is 567 g/mol. The Labute approximate surface area is 233 Å². The summed E-state index contributed by atoms with van der Waals surface area (Å²) in [5.41, 5.74) is 1.98. The Morgan fingerprint density at radius 1 is 0.500 bits per heavy atom. The largest absolute Gasteiger partial charge is 0.490 e. The molecule has 0 unspecified atom stereocenters. The van der Waals surface area contributed by atoms with Gasteiger partial charge in [0.2, 0.25) is 0 Å². The zero-order valence-corrected chi connectivity index (χ0v) is 23.8. The van der Waals surface area contributed by atoms with Gasteiger partial charge in [0, 0.05) is 35.1 Å². The van der Waals surface area contributed by atoms with E-state index in [1.54, 1.807) is 36.9 Å². The number of hydrogen-bond acceptors (Lipinski definition) is 10. The fourth-order valence-electron chi connectivity index (χ4n) is 3.40. The quantitative estimate of drug-likeness (QED) is 0.153. The standard InChI is InChI=1S/C28H38O8S2/c1-29-7-9-31-11-13-33-15-17-35-25-21-24(28-6-4-20-38-28)26(22-23(25)27-5-3-19-37-27)36-18-16-34-14-12-32-10-8-30-2/h3-6,19-22H,7-18H2,1-2H3. The smallest absolute Gasteiger partial charge is 0.128 e. The van der Waals surface area contributed by atoms with Crippen LogP contribution in [0.5, 0.6) is 11.5 Å². The van der Waals surface area contributed by atoms with Gasteiger partial charge in [-0.2, -0.15) is 0 Å². The fraction of sp³-hybridized carbons (Fsp3) is 0.500. The molecule has 8 nitrogen and oxygen atoms in total. The minimum atomic E-state index is 0.431. The van der Waals surface area contributed by atoms with Crippen molar-refractivity contribution >= 4 is 22.7 Å². The maximum absolute atomic E-state index is 6.22. The van der Waals surface area contributed by atoms with Gasteiger partial charge in [-0.05, 0) is 35.0 Å². The molecule has 0 N–H and O–H groups in total. The lowest BCUT2D eigenvalue weighted by atomic mass is 10.1. The highest BCUT2D eigenvalue weighted by Crippen LogP contribution is 2.43. The highest BCUT2D eigenvalue weighted by atomic mass is 32.1. The van der Waals surface area contributed by atoms with Gasteiger partial charge in [0.1, 0.15) is 24.7 Å². The molecule has 38 heavy (non-hydrogen) atoms. The van der Waals surface area contributed by atoms with Gasteiger partial charge in [-0.25, -0.2) is 0 Å². The van der Waals surface area contributed by atoms with Crippen LogP contribution in [0.25, 0.3) is 20.9 Å². The van der Waals surface area contributed by atoms with Crippen LogP contribution < -0.4 is 9.47 Å². The number of methoxy groups -OCH3 is 2. The zero-order valence-electron chi connectivity index (χ0n) is 22.2. The summed E-state index contributed by atoms with van der Waals surface area (Å²) in [6.45, 7) is 6.18. The Balaban J connectivity index is 1.59. The van der Waals surface area contributed by atoms with Crippen molar-refractivity contribution in [3.63, 3.8) is 0 Å². The van der Waals surface area contributed by atoms with Crippen molar-refractivity contribution in [2.75, 3.05) is 93.5 Å². The van der Waals surface area contributed by atoms with E-state index in [1.807, 2.05) is 12.1 Å². The van der Waals surface area contributed by atoms with Crippen molar-refractivity contribution in [2.45, 2.75) is 0 Å². The van der Waals surface area contributed by atoms with Gasteiger partial charge >= 0.3 is 0 Å². The minimum absolute atomic E-state index is 0.431. The third-order valence-corrected chi connectivity index (χ3v) is 7.04. The molecule has 2 aromatic heterocycles. The van der Waals surface area contributed by atoms with Crippen molar-refractivity contribution in [3.8, 4) is 32.4 Å². The first-order valence-electron chi connectivity index (χ1n) is 12.6. The number of benzene rings is 1. The third-order valence-electron chi connectivity index (χ3n) is 5.23. The number of ether oxygens (including phenoxy) is 8. The second-order valence-electron chi connectivity index (χ2n) is 7.93. The van der Waals surface area contributed by atoms with Gasteiger partial charge in [-0.1, -0.05) is 12.1 Å². The molecule has 2 heterocycles. The van der Waals surface area contributed by atoms with Crippen molar-refractivity contribution < 1.29 is 37.9 Å². The van der Waals surface area contributed by atoms with Crippen LogP contribution >= 0.6 is 22.7 Å². The molecule has 1 aromatic carbocycles. The first-order valence-corrected chi connectivity index (χ1v) is 14.4. The van der Waals surface area contributed by atoms with Crippen LogP contribution in [0.1, 0.15) is 0 Å². The molecule has 0 spiro atoms. The lowest BCUT2D eigenvalue weighted by Gasteiger charge is -2.17. The van der Waals surface area contributed by atoms with E-state index in [4.69, 9.17) is 37.9 Å². The van der Waals surface area contributed by atoms with Gasteiger partial charge in [0.15, 0.2) is 0 Å². The second kappa shape index (κ2) is 19.1. The van der Waals surface area contributed by atoms with E-state index in [9.17, 15) is 0 Å². The average Bonchev–Trinajstić information content (AvgIpc) is 3.66. The topological polar surface area (TPSA) is 73.8 Å². The van der Waals surface area contributed by atoms with E-state index in [2.05, 4.69) is 35.0 Å². The van der Waals surface area contributed by atoms with Crippen molar-refractivity contribution in [3.05, 3.63) is 47.2 Å². The molecule has 0 amide bonds. The van der Waals surface area contributed by atoms with Gasteiger partial charge < -0.3 is 37.9 Å². The number of hydrogen-bond donors (Lipinski definition) is 0. The molecule has 3 aromatic rings. The molecule has 0 saturated carbocycles. The van der Waals surface area contributed by atoms with E-state index >= 15 is 0 Å². The molecular formula is C28H38O8S2. The lowest BCUT2D eigenvalue weighted by molar-refractivity contribution is 0.0178. The molecule has 210 valence electrons. The predicted molar refractivity (Wildman–Crippen MR) is 151 cm³/mol. The maximum atomic E-state index is 6.22. The second-order valence-corrected chi connectivity index (χ2v) is 9.83. The maximum Gasteiger partial charge on any atom is 0.128 e. The first kappa shape index (κ1) is 30.5. The van der Waals surface area contributed by atoms with Gasteiger partial charge in [0.05, 0.1) is 66.1 Å². The van der Waals surface area contributed by atoms with Gasteiger partial charge in [-0.15, -0.1) is 22.7 Å². The van der Waals surface area contributed by atoms with Gasteiger partial charge in [-0.3, -0.25) is 0 Å². The molecule has 3 rings (SSSR count). The molecule has 0 bridgehead atoms. The lowest BCUT2D eigenvalue weighted by Crippen LogP contribution is -2.13. The van der Waals surface area contributed by atoms with Crippen LogP contribution in [0.4, 0.5) is 0 Å².